The predicted octanol–water partition coefficient (Wildman–Crippen LogP) is 8.73. The topological polar surface area (TPSA) is 29.1 Å². The number of rotatable bonds is 8. The molecule has 0 heterocycles. The smallest absolute Gasteiger partial charge is 0.349 e. The molecule has 0 aliphatic carbocycles. The van der Waals surface area contributed by atoms with Crippen molar-refractivity contribution in [2.75, 3.05) is 11.5 Å². The minimum absolute atomic E-state index is 0.0419. The first-order valence-electron chi connectivity index (χ1n) is 10.0. The number of benzene rings is 2. The minimum atomic E-state index is -4.63. The van der Waals surface area contributed by atoms with Crippen molar-refractivity contribution in [1.82, 2.24) is 5.32 Å². The van der Waals surface area contributed by atoms with Crippen LogP contribution in [0.4, 0.5) is 26.3 Å². The van der Waals surface area contributed by atoms with Crippen LogP contribution in [0, 0.1) is 6.92 Å². The number of allylic oxidation sites excluding steroid dienone is 1. The summed E-state index contributed by atoms with van der Waals surface area (Å²) in [4.78, 5) is 12.5. The quantitative estimate of drug-likeness (QED) is 0.251. The molecule has 2 unspecified atom stereocenters. The third-order valence-electron chi connectivity index (χ3n) is 4.71. The highest BCUT2D eigenvalue weighted by molar-refractivity contribution is 7.99. The maximum absolute atomic E-state index is 13.7. The summed E-state index contributed by atoms with van der Waals surface area (Å²) in [5.74, 6) is -3.44. The van der Waals surface area contributed by atoms with E-state index in [4.69, 9.17) is 34.8 Å². The fourth-order valence-corrected chi connectivity index (χ4v) is 4.51. The summed E-state index contributed by atoms with van der Waals surface area (Å²) in [5, 5.41) is 2.37. The molecule has 192 valence electrons. The summed E-state index contributed by atoms with van der Waals surface area (Å²) < 4.78 is 77.9. The highest BCUT2D eigenvalue weighted by Crippen LogP contribution is 2.41. The standard InChI is InChI=1S/C23H20Cl3F6NOS/c1-12-7-14(3-5-16(12)21(34)33-13(2)10-35-11-22(27,28)29)4-6-17(23(30,31)32)15-8-18(24)20(26)19(25)9-15/h3-9,13,17H,10-11H2,1-2H3,(H,33,34)/b6-4+. The fourth-order valence-electron chi connectivity index (χ4n) is 3.11. The second-order valence-corrected chi connectivity index (χ2v) is 9.98. The summed E-state index contributed by atoms with van der Waals surface area (Å²) in [6.07, 6.45) is -6.71. The van der Waals surface area contributed by atoms with Crippen LogP contribution in [0.3, 0.4) is 0 Å². The van der Waals surface area contributed by atoms with Crippen LogP contribution < -0.4 is 5.32 Å². The molecule has 0 spiro atoms. The predicted molar refractivity (Wildman–Crippen MR) is 131 cm³/mol. The van der Waals surface area contributed by atoms with Crippen LogP contribution in [-0.2, 0) is 0 Å². The normalized spacial score (nSPS) is 14.3. The third-order valence-corrected chi connectivity index (χ3v) is 7.17. The average molecular weight is 579 g/mol. The molecule has 1 N–H and O–H groups in total. The molecule has 0 aromatic heterocycles. The molecule has 2 aromatic rings. The largest absolute Gasteiger partial charge is 0.399 e. The Bertz CT molecular complexity index is 1060. The average Bonchev–Trinajstić information content (AvgIpc) is 2.70. The molecule has 0 aliphatic rings. The molecular weight excluding hydrogens is 559 g/mol. The van der Waals surface area contributed by atoms with E-state index in [1.54, 1.807) is 13.8 Å². The van der Waals surface area contributed by atoms with Crippen LogP contribution in [0.25, 0.3) is 6.08 Å². The van der Waals surface area contributed by atoms with Gasteiger partial charge in [0.25, 0.3) is 5.91 Å². The van der Waals surface area contributed by atoms with E-state index < -0.39 is 36.0 Å². The first kappa shape index (κ1) is 29.7. The Morgan fingerprint density at radius 1 is 1.06 bits per heavy atom. The Hall–Kier alpha value is -1.55. The van der Waals surface area contributed by atoms with Crippen LogP contribution >= 0.6 is 46.6 Å². The third kappa shape index (κ3) is 9.12. The van der Waals surface area contributed by atoms with Crippen molar-refractivity contribution in [3.05, 3.63) is 73.7 Å². The van der Waals surface area contributed by atoms with Crippen LogP contribution in [0.1, 0.15) is 39.9 Å². The van der Waals surface area contributed by atoms with E-state index in [0.29, 0.717) is 22.9 Å². The molecule has 0 saturated carbocycles. The summed E-state index contributed by atoms with van der Waals surface area (Å²) in [6, 6.07) is 6.13. The van der Waals surface area contributed by atoms with Crippen LogP contribution in [0.15, 0.2) is 36.4 Å². The van der Waals surface area contributed by atoms with Gasteiger partial charge < -0.3 is 5.32 Å². The second-order valence-electron chi connectivity index (χ2n) is 7.76. The molecule has 2 rings (SSSR count). The summed E-state index contributed by atoms with van der Waals surface area (Å²) in [6.45, 7) is 3.19. The van der Waals surface area contributed by atoms with Crippen molar-refractivity contribution in [3.8, 4) is 0 Å². The lowest BCUT2D eigenvalue weighted by Gasteiger charge is -2.18. The number of aryl methyl sites for hydroxylation is 1. The molecule has 0 saturated heterocycles. The molecule has 35 heavy (non-hydrogen) atoms. The number of halogens is 9. The van der Waals surface area contributed by atoms with E-state index in [2.05, 4.69) is 5.32 Å². The number of thioether (sulfide) groups is 1. The van der Waals surface area contributed by atoms with Crippen molar-refractivity contribution in [2.45, 2.75) is 38.2 Å². The summed E-state index contributed by atoms with van der Waals surface area (Å²) >= 11 is 18.3. The second kappa shape index (κ2) is 12.1. The van der Waals surface area contributed by atoms with Gasteiger partial charge in [0, 0.05) is 17.4 Å². The van der Waals surface area contributed by atoms with Gasteiger partial charge in [-0.2, -0.15) is 38.1 Å². The van der Waals surface area contributed by atoms with Gasteiger partial charge >= 0.3 is 12.4 Å². The number of carbonyl (C=O) groups excluding carboxylic acids is 1. The molecular formula is C23H20Cl3F6NOS. The van der Waals surface area contributed by atoms with Crippen molar-refractivity contribution < 1.29 is 31.1 Å². The SMILES string of the molecule is Cc1cc(/C=C/C(c2cc(Cl)c(Cl)c(Cl)c2)C(F)(F)F)ccc1C(=O)NC(C)CSCC(F)(F)F. The Labute approximate surface area is 218 Å². The molecule has 2 nitrogen and oxygen atoms in total. The van der Waals surface area contributed by atoms with Crippen molar-refractivity contribution in [2.24, 2.45) is 0 Å². The summed E-state index contributed by atoms with van der Waals surface area (Å²) in [5.41, 5.74) is 0.978. The Morgan fingerprint density at radius 3 is 2.17 bits per heavy atom. The first-order chi connectivity index (χ1) is 16.1. The molecule has 12 heteroatoms. The van der Waals surface area contributed by atoms with E-state index >= 15 is 0 Å². The van der Waals surface area contributed by atoms with Gasteiger partial charge in [-0.05, 0) is 48.7 Å². The van der Waals surface area contributed by atoms with Gasteiger partial charge in [0.2, 0.25) is 0 Å². The van der Waals surface area contributed by atoms with E-state index in [-0.39, 0.29) is 31.9 Å². The van der Waals surface area contributed by atoms with E-state index in [0.717, 1.165) is 18.2 Å². The van der Waals surface area contributed by atoms with Gasteiger partial charge in [-0.3, -0.25) is 4.79 Å². The van der Waals surface area contributed by atoms with Crippen LogP contribution in [0.5, 0.6) is 0 Å². The Balaban J connectivity index is 2.16. The van der Waals surface area contributed by atoms with Crippen LogP contribution in [0.2, 0.25) is 15.1 Å². The Morgan fingerprint density at radius 2 is 1.66 bits per heavy atom. The highest BCUT2D eigenvalue weighted by atomic mass is 35.5. The number of alkyl halides is 6. The Kier molecular flexibility index (Phi) is 10.3. The molecule has 0 fully saturated rings. The van der Waals surface area contributed by atoms with Gasteiger partial charge in [-0.25, -0.2) is 0 Å². The lowest BCUT2D eigenvalue weighted by molar-refractivity contribution is -0.139. The highest BCUT2D eigenvalue weighted by Gasteiger charge is 2.39. The van der Waals surface area contributed by atoms with Crippen LogP contribution in [-0.4, -0.2) is 35.8 Å². The first-order valence-corrected chi connectivity index (χ1v) is 12.3. The van der Waals surface area contributed by atoms with Crippen molar-refractivity contribution >= 4 is 58.5 Å². The van der Waals surface area contributed by atoms with Crippen molar-refractivity contribution in [1.29, 1.82) is 0 Å². The number of hydrogen-bond donors (Lipinski definition) is 1. The minimum Gasteiger partial charge on any atom is -0.349 e. The zero-order chi connectivity index (χ0) is 26.6. The molecule has 2 aromatic carbocycles. The number of nitrogens with one attached hydrogen (secondary N) is 1. The van der Waals surface area contributed by atoms with Gasteiger partial charge in [0.05, 0.1) is 26.7 Å². The molecule has 1 amide bonds. The van der Waals surface area contributed by atoms with Crippen molar-refractivity contribution in [3.63, 3.8) is 0 Å². The zero-order valence-electron chi connectivity index (χ0n) is 18.3. The molecule has 0 bridgehead atoms. The number of hydrogen-bond acceptors (Lipinski definition) is 2. The van der Waals surface area contributed by atoms with E-state index in [1.807, 2.05) is 0 Å². The van der Waals surface area contributed by atoms with Gasteiger partial charge in [-0.15, -0.1) is 0 Å². The lowest BCUT2D eigenvalue weighted by atomic mass is 9.96. The van der Waals surface area contributed by atoms with Gasteiger partial charge in [-0.1, -0.05) is 59.1 Å². The zero-order valence-corrected chi connectivity index (χ0v) is 21.4. The molecule has 0 aliphatic heterocycles. The fraction of sp³-hybridized carbons (Fsp3) is 0.348. The van der Waals surface area contributed by atoms with E-state index in [1.165, 1.54) is 24.3 Å². The van der Waals surface area contributed by atoms with E-state index in [9.17, 15) is 31.1 Å². The lowest BCUT2D eigenvalue weighted by Crippen LogP contribution is -2.35. The van der Waals surface area contributed by atoms with Gasteiger partial charge in [0.1, 0.15) is 0 Å². The molecule has 2 atom stereocenters. The maximum atomic E-state index is 13.7. The monoisotopic (exact) mass is 577 g/mol. The maximum Gasteiger partial charge on any atom is 0.399 e. The van der Waals surface area contributed by atoms with Gasteiger partial charge in [0.15, 0.2) is 0 Å². The molecule has 0 radical (unpaired) electrons. The summed E-state index contributed by atoms with van der Waals surface area (Å²) in [7, 11) is 0. The number of carbonyl (C=O) groups is 1. The number of amides is 1.